The third kappa shape index (κ3) is 3.37. The largest absolute Gasteiger partial charge is 0.394 e. The van der Waals surface area contributed by atoms with E-state index < -0.39 is 0 Å². The predicted octanol–water partition coefficient (Wildman–Crippen LogP) is 0.492. The van der Waals surface area contributed by atoms with Crippen LogP contribution >= 0.6 is 0 Å². The Labute approximate surface area is 146 Å². The number of morpholine rings is 1. The van der Waals surface area contributed by atoms with Gasteiger partial charge in [-0.25, -0.2) is 4.98 Å². The van der Waals surface area contributed by atoms with Crippen molar-refractivity contribution in [3.8, 4) is 0 Å². The molecule has 8 nitrogen and oxygen atoms in total. The molecule has 2 aromatic heterocycles. The lowest BCUT2D eigenvalue weighted by molar-refractivity contribution is 0.0364. The molecular formula is C17H24N6O2. The van der Waals surface area contributed by atoms with Gasteiger partial charge in [-0.1, -0.05) is 0 Å². The Kier molecular flexibility index (Phi) is 4.41. The molecule has 0 aromatic carbocycles. The predicted molar refractivity (Wildman–Crippen MR) is 95.2 cm³/mol. The van der Waals surface area contributed by atoms with Crippen molar-refractivity contribution in [3.63, 3.8) is 0 Å². The average Bonchev–Trinajstić information content (AvgIpc) is 3.34. The van der Waals surface area contributed by atoms with Gasteiger partial charge in [0.25, 0.3) is 0 Å². The van der Waals surface area contributed by atoms with E-state index in [0.717, 1.165) is 45.7 Å². The molecule has 0 amide bonds. The molecule has 4 N–H and O–H groups in total. The van der Waals surface area contributed by atoms with E-state index in [2.05, 4.69) is 25.2 Å². The van der Waals surface area contributed by atoms with E-state index >= 15 is 0 Å². The molecule has 0 unspecified atom stereocenters. The van der Waals surface area contributed by atoms with Crippen LogP contribution in [0.15, 0.2) is 18.3 Å². The van der Waals surface area contributed by atoms with Gasteiger partial charge in [-0.3, -0.25) is 9.88 Å². The SMILES string of the molecule is Nc1nc(N[C@]2(CO)C[C@H]2CCN2CCOCC2)c2ncccc2n1. The molecule has 1 saturated carbocycles. The summed E-state index contributed by atoms with van der Waals surface area (Å²) in [4.78, 5) is 15.3. The monoisotopic (exact) mass is 344 g/mol. The van der Waals surface area contributed by atoms with Gasteiger partial charge < -0.3 is 20.9 Å². The number of pyridine rings is 1. The van der Waals surface area contributed by atoms with Crippen molar-refractivity contribution < 1.29 is 9.84 Å². The van der Waals surface area contributed by atoms with Crippen LogP contribution in [0.3, 0.4) is 0 Å². The number of hydrogen-bond acceptors (Lipinski definition) is 8. The number of hydrogen-bond donors (Lipinski definition) is 3. The lowest BCUT2D eigenvalue weighted by Gasteiger charge is -2.27. The summed E-state index contributed by atoms with van der Waals surface area (Å²) in [6, 6.07) is 3.68. The molecular weight excluding hydrogens is 320 g/mol. The fraction of sp³-hybridized carbons (Fsp3) is 0.588. The molecule has 0 radical (unpaired) electrons. The number of aromatic nitrogens is 3. The summed E-state index contributed by atoms with van der Waals surface area (Å²) < 4.78 is 5.39. The molecule has 3 heterocycles. The Morgan fingerprint density at radius 3 is 3.00 bits per heavy atom. The third-order valence-electron chi connectivity index (χ3n) is 5.25. The highest BCUT2D eigenvalue weighted by atomic mass is 16.5. The summed E-state index contributed by atoms with van der Waals surface area (Å²) in [7, 11) is 0. The number of aliphatic hydroxyl groups is 1. The van der Waals surface area contributed by atoms with Gasteiger partial charge >= 0.3 is 0 Å². The summed E-state index contributed by atoms with van der Waals surface area (Å²) in [5.41, 5.74) is 6.88. The van der Waals surface area contributed by atoms with E-state index in [9.17, 15) is 5.11 Å². The molecule has 8 heteroatoms. The summed E-state index contributed by atoms with van der Waals surface area (Å²) >= 11 is 0. The number of aliphatic hydroxyl groups excluding tert-OH is 1. The molecule has 2 fully saturated rings. The van der Waals surface area contributed by atoms with Crippen molar-refractivity contribution in [2.75, 3.05) is 50.5 Å². The van der Waals surface area contributed by atoms with Crippen molar-refractivity contribution in [2.24, 2.45) is 5.92 Å². The lowest BCUT2D eigenvalue weighted by atomic mass is 10.1. The highest BCUT2D eigenvalue weighted by Crippen LogP contribution is 2.48. The van der Waals surface area contributed by atoms with E-state index in [1.807, 2.05) is 12.1 Å². The zero-order chi connectivity index (χ0) is 17.3. The lowest BCUT2D eigenvalue weighted by Crippen LogP contribution is -2.37. The highest BCUT2D eigenvalue weighted by Gasteiger charge is 2.54. The van der Waals surface area contributed by atoms with E-state index in [1.165, 1.54) is 0 Å². The van der Waals surface area contributed by atoms with Crippen molar-refractivity contribution >= 4 is 22.8 Å². The minimum absolute atomic E-state index is 0.0685. The van der Waals surface area contributed by atoms with E-state index in [4.69, 9.17) is 10.5 Å². The maximum atomic E-state index is 9.98. The number of ether oxygens (including phenoxy) is 1. The van der Waals surface area contributed by atoms with Crippen LogP contribution in [0.5, 0.6) is 0 Å². The molecule has 2 aromatic rings. The van der Waals surface area contributed by atoms with Gasteiger partial charge in [0.15, 0.2) is 5.82 Å². The fourth-order valence-electron chi connectivity index (χ4n) is 3.62. The first-order valence-corrected chi connectivity index (χ1v) is 8.77. The van der Waals surface area contributed by atoms with Crippen molar-refractivity contribution in [1.82, 2.24) is 19.9 Å². The van der Waals surface area contributed by atoms with Crippen molar-refractivity contribution in [2.45, 2.75) is 18.4 Å². The molecule has 0 spiro atoms. The molecule has 1 saturated heterocycles. The van der Waals surface area contributed by atoms with E-state index in [-0.39, 0.29) is 18.1 Å². The van der Waals surface area contributed by atoms with Crippen molar-refractivity contribution in [3.05, 3.63) is 18.3 Å². The number of fused-ring (bicyclic) bond motifs is 1. The Morgan fingerprint density at radius 1 is 1.36 bits per heavy atom. The van der Waals surface area contributed by atoms with Gasteiger partial charge in [0.2, 0.25) is 5.95 Å². The van der Waals surface area contributed by atoms with Gasteiger partial charge in [-0.2, -0.15) is 4.98 Å². The van der Waals surface area contributed by atoms with Crippen LogP contribution in [-0.4, -0.2) is 70.0 Å². The topological polar surface area (TPSA) is 109 Å². The summed E-state index contributed by atoms with van der Waals surface area (Å²) in [5, 5.41) is 13.4. The van der Waals surface area contributed by atoms with Gasteiger partial charge in [0.1, 0.15) is 5.52 Å². The summed E-state index contributed by atoms with van der Waals surface area (Å²) in [5.74, 6) is 1.22. The number of nitrogens with two attached hydrogens (primary N) is 1. The van der Waals surface area contributed by atoms with Crippen LogP contribution in [0.2, 0.25) is 0 Å². The second kappa shape index (κ2) is 6.70. The second-order valence-electron chi connectivity index (χ2n) is 6.88. The fourth-order valence-corrected chi connectivity index (χ4v) is 3.62. The number of nitrogens with zero attached hydrogens (tertiary/aromatic N) is 4. The first-order chi connectivity index (χ1) is 12.2. The van der Waals surface area contributed by atoms with E-state index in [1.54, 1.807) is 6.20 Å². The van der Waals surface area contributed by atoms with Crippen LogP contribution in [0, 0.1) is 5.92 Å². The number of nitrogens with one attached hydrogen (secondary N) is 1. The summed E-state index contributed by atoms with van der Waals surface area (Å²) in [6.07, 6.45) is 3.67. The molecule has 2 atom stereocenters. The van der Waals surface area contributed by atoms with Gasteiger partial charge in [-0.15, -0.1) is 0 Å². The van der Waals surface area contributed by atoms with Gasteiger partial charge in [-0.05, 0) is 37.4 Å². The Bertz CT molecular complexity index is 751. The van der Waals surface area contributed by atoms with Gasteiger partial charge in [0.05, 0.1) is 30.9 Å². The maximum Gasteiger partial charge on any atom is 0.222 e. The maximum absolute atomic E-state index is 9.98. The zero-order valence-corrected chi connectivity index (χ0v) is 14.2. The van der Waals surface area contributed by atoms with Crippen LogP contribution in [0.25, 0.3) is 11.0 Å². The zero-order valence-electron chi connectivity index (χ0n) is 14.2. The van der Waals surface area contributed by atoms with Crippen molar-refractivity contribution in [1.29, 1.82) is 0 Å². The van der Waals surface area contributed by atoms with Crippen LogP contribution in [-0.2, 0) is 4.74 Å². The first-order valence-electron chi connectivity index (χ1n) is 8.77. The Morgan fingerprint density at radius 2 is 2.20 bits per heavy atom. The second-order valence-corrected chi connectivity index (χ2v) is 6.88. The van der Waals surface area contributed by atoms with Crippen LogP contribution in [0.4, 0.5) is 11.8 Å². The molecule has 0 bridgehead atoms. The van der Waals surface area contributed by atoms with Crippen LogP contribution < -0.4 is 11.1 Å². The highest BCUT2D eigenvalue weighted by molar-refractivity contribution is 5.86. The standard InChI is InChI=1S/C17H24N6O2/c18-16-20-13-2-1-4-19-14(13)15(21-16)22-17(11-24)10-12(17)3-5-23-6-8-25-9-7-23/h1-2,4,12,24H,3,5-11H2,(H3,18,20,21,22)/t12-,17+/m1/s1. The minimum atomic E-state index is -0.336. The quantitative estimate of drug-likeness (QED) is 0.695. The normalized spacial score (nSPS) is 26.7. The number of rotatable bonds is 6. The summed E-state index contributed by atoms with van der Waals surface area (Å²) in [6.45, 7) is 4.70. The van der Waals surface area contributed by atoms with E-state index in [0.29, 0.717) is 22.8 Å². The smallest absolute Gasteiger partial charge is 0.222 e. The average molecular weight is 344 g/mol. The van der Waals surface area contributed by atoms with Gasteiger partial charge in [0, 0.05) is 19.3 Å². The Hall–Kier alpha value is -2.03. The number of anilines is 2. The molecule has 1 aliphatic carbocycles. The third-order valence-corrected chi connectivity index (χ3v) is 5.25. The number of nitrogen functional groups attached to an aromatic ring is 1. The molecule has 1 aliphatic heterocycles. The minimum Gasteiger partial charge on any atom is -0.394 e. The molecule has 25 heavy (non-hydrogen) atoms. The first kappa shape index (κ1) is 16.4. The Balaban J connectivity index is 1.46. The van der Waals surface area contributed by atoms with Crippen LogP contribution in [0.1, 0.15) is 12.8 Å². The molecule has 4 rings (SSSR count). The molecule has 2 aliphatic rings. The molecule has 134 valence electrons.